The zero-order chi connectivity index (χ0) is 18.2. The van der Waals surface area contributed by atoms with Crippen LogP contribution in [0.4, 0.5) is 0 Å². The number of aromatic nitrogens is 2. The SMILES string of the molecule is CCCCn1c(O)c(C(CC)=NCCN2CCOCC2)c(=O)[nH]c1=O. The van der Waals surface area contributed by atoms with Gasteiger partial charge in [0.15, 0.2) is 0 Å². The van der Waals surface area contributed by atoms with Crippen molar-refractivity contribution in [2.24, 2.45) is 4.99 Å². The van der Waals surface area contributed by atoms with Crippen molar-refractivity contribution in [3.8, 4) is 5.88 Å². The van der Waals surface area contributed by atoms with Gasteiger partial charge in [-0.25, -0.2) is 4.79 Å². The standard InChI is InChI=1S/C17H28N4O4/c1-3-5-7-21-16(23)14(15(22)19-17(21)24)13(4-2)18-6-8-20-9-11-25-12-10-20/h23H,3-12H2,1-2H3,(H,19,22,24). The van der Waals surface area contributed by atoms with E-state index >= 15 is 0 Å². The summed E-state index contributed by atoms with van der Waals surface area (Å²) in [5.74, 6) is -0.283. The van der Waals surface area contributed by atoms with Gasteiger partial charge in [0.05, 0.1) is 25.5 Å². The van der Waals surface area contributed by atoms with E-state index in [-0.39, 0.29) is 11.4 Å². The third-order valence-electron chi connectivity index (χ3n) is 4.35. The highest BCUT2D eigenvalue weighted by atomic mass is 16.5. The minimum Gasteiger partial charge on any atom is -0.494 e. The number of ether oxygens (including phenoxy) is 1. The predicted molar refractivity (Wildman–Crippen MR) is 96.8 cm³/mol. The van der Waals surface area contributed by atoms with Crippen LogP contribution in [0.3, 0.4) is 0 Å². The molecule has 2 heterocycles. The fourth-order valence-corrected chi connectivity index (χ4v) is 2.86. The molecule has 0 unspecified atom stereocenters. The Balaban J connectivity index is 2.21. The van der Waals surface area contributed by atoms with Crippen LogP contribution in [0, 0.1) is 0 Å². The number of morpholine rings is 1. The molecule has 1 aliphatic rings. The second-order valence-electron chi connectivity index (χ2n) is 6.10. The number of unbranched alkanes of at least 4 members (excludes halogenated alkanes) is 1. The molecule has 0 spiro atoms. The first kappa shape index (κ1) is 19.4. The predicted octanol–water partition coefficient (Wildman–Crippen LogP) is 0.574. The van der Waals surface area contributed by atoms with Crippen molar-refractivity contribution >= 4 is 5.71 Å². The van der Waals surface area contributed by atoms with Gasteiger partial charge >= 0.3 is 5.69 Å². The molecule has 1 saturated heterocycles. The summed E-state index contributed by atoms with van der Waals surface area (Å²) in [6.45, 7) is 8.79. The van der Waals surface area contributed by atoms with E-state index in [9.17, 15) is 14.7 Å². The minimum absolute atomic E-state index is 0.111. The molecule has 1 aromatic rings. The van der Waals surface area contributed by atoms with Crippen LogP contribution in [0.25, 0.3) is 0 Å². The topological polar surface area (TPSA) is 99.9 Å². The Morgan fingerprint density at radius 2 is 1.96 bits per heavy atom. The van der Waals surface area contributed by atoms with Crippen molar-refractivity contribution in [3.63, 3.8) is 0 Å². The highest BCUT2D eigenvalue weighted by Gasteiger charge is 2.18. The van der Waals surface area contributed by atoms with Gasteiger partial charge < -0.3 is 9.84 Å². The first-order chi connectivity index (χ1) is 12.1. The summed E-state index contributed by atoms with van der Waals surface area (Å²) < 4.78 is 6.53. The van der Waals surface area contributed by atoms with Gasteiger partial charge in [0.1, 0.15) is 5.56 Å². The van der Waals surface area contributed by atoms with E-state index in [0.29, 0.717) is 25.2 Å². The van der Waals surface area contributed by atoms with Gasteiger partial charge in [-0.05, 0) is 12.8 Å². The quantitative estimate of drug-likeness (QED) is 0.667. The first-order valence-corrected chi connectivity index (χ1v) is 8.98. The van der Waals surface area contributed by atoms with Crippen LogP contribution in [0.1, 0.15) is 38.7 Å². The number of nitrogens with one attached hydrogen (secondary N) is 1. The Morgan fingerprint density at radius 3 is 2.60 bits per heavy atom. The summed E-state index contributed by atoms with van der Waals surface area (Å²) in [5.41, 5.74) is -0.525. The van der Waals surface area contributed by atoms with Gasteiger partial charge in [-0.15, -0.1) is 0 Å². The maximum Gasteiger partial charge on any atom is 0.331 e. The molecule has 0 atom stereocenters. The van der Waals surface area contributed by atoms with E-state index < -0.39 is 11.2 Å². The summed E-state index contributed by atoms with van der Waals surface area (Å²) in [4.78, 5) is 33.2. The third kappa shape index (κ3) is 5.02. The van der Waals surface area contributed by atoms with Gasteiger partial charge in [0.25, 0.3) is 5.56 Å². The molecule has 0 aliphatic carbocycles. The smallest absolute Gasteiger partial charge is 0.331 e. The maximum atomic E-state index is 12.2. The third-order valence-corrected chi connectivity index (χ3v) is 4.35. The van der Waals surface area contributed by atoms with Gasteiger partial charge in [0, 0.05) is 26.2 Å². The van der Waals surface area contributed by atoms with Crippen LogP contribution in [-0.2, 0) is 11.3 Å². The lowest BCUT2D eigenvalue weighted by atomic mass is 10.1. The normalized spacial score (nSPS) is 16.3. The molecule has 1 aromatic heterocycles. The zero-order valence-corrected chi connectivity index (χ0v) is 15.1. The van der Waals surface area contributed by atoms with Crippen LogP contribution in [0.5, 0.6) is 5.88 Å². The fourth-order valence-electron chi connectivity index (χ4n) is 2.86. The lowest BCUT2D eigenvalue weighted by Crippen LogP contribution is -2.38. The molecule has 8 heteroatoms. The zero-order valence-electron chi connectivity index (χ0n) is 15.1. The fraction of sp³-hybridized carbons (Fsp3) is 0.706. The number of H-pyrrole nitrogens is 1. The van der Waals surface area contributed by atoms with E-state index in [4.69, 9.17) is 4.74 Å². The van der Waals surface area contributed by atoms with Crippen LogP contribution in [0.15, 0.2) is 14.6 Å². The first-order valence-electron chi connectivity index (χ1n) is 8.98. The summed E-state index contributed by atoms with van der Waals surface area (Å²) in [6, 6.07) is 0. The number of hydrogen-bond acceptors (Lipinski definition) is 6. The van der Waals surface area contributed by atoms with Crippen molar-refractivity contribution in [2.75, 3.05) is 39.4 Å². The average Bonchev–Trinajstić information content (AvgIpc) is 2.61. The molecule has 8 nitrogen and oxygen atoms in total. The molecular weight excluding hydrogens is 324 g/mol. The Morgan fingerprint density at radius 1 is 1.24 bits per heavy atom. The molecular formula is C17H28N4O4. The van der Waals surface area contributed by atoms with Crippen molar-refractivity contribution in [1.82, 2.24) is 14.5 Å². The lowest BCUT2D eigenvalue weighted by molar-refractivity contribution is 0.0394. The van der Waals surface area contributed by atoms with Crippen molar-refractivity contribution < 1.29 is 9.84 Å². The van der Waals surface area contributed by atoms with E-state index in [1.54, 1.807) is 0 Å². The molecule has 0 aromatic carbocycles. The Labute approximate surface area is 147 Å². The second-order valence-corrected chi connectivity index (χ2v) is 6.10. The molecule has 0 saturated carbocycles. The molecule has 0 radical (unpaired) electrons. The minimum atomic E-state index is -0.581. The van der Waals surface area contributed by atoms with Crippen LogP contribution in [0.2, 0.25) is 0 Å². The molecule has 140 valence electrons. The molecule has 25 heavy (non-hydrogen) atoms. The lowest BCUT2D eigenvalue weighted by Gasteiger charge is -2.25. The number of hydrogen-bond donors (Lipinski definition) is 2. The Bertz CT molecular complexity index is 702. The van der Waals surface area contributed by atoms with E-state index in [0.717, 1.165) is 45.7 Å². The number of rotatable bonds is 8. The van der Waals surface area contributed by atoms with Crippen molar-refractivity contribution in [2.45, 2.75) is 39.7 Å². The molecule has 0 bridgehead atoms. The monoisotopic (exact) mass is 352 g/mol. The van der Waals surface area contributed by atoms with Crippen LogP contribution in [-0.4, -0.2) is 64.7 Å². The Kier molecular flexibility index (Phi) is 7.39. The molecule has 2 rings (SSSR count). The largest absolute Gasteiger partial charge is 0.494 e. The van der Waals surface area contributed by atoms with E-state index in [1.165, 1.54) is 4.57 Å². The van der Waals surface area contributed by atoms with Crippen LogP contribution >= 0.6 is 0 Å². The molecule has 2 N–H and O–H groups in total. The number of aromatic amines is 1. The summed E-state index contributed by atoms with van der Waals surface area (Å²) in [7, 11) is 0. The molecule has 1 fully saturated rings. The maximum absolute atomic E-state index is 12.2. The van der Waals surface area contributed by atoms with Gasteiger partial charge in [0.2, 0.25) is 5.88 Å². The number of nitrogens with zero attached hydrogens (tertiary/aromatic N) is 3. The van der Waals surface area contributed by atoms with Crippen molar-refractivity contribution in [1.29, 1.82) is 0 Å². The van der Waals surface area contributed by atoms with E-state index in [2.05, 4.69) is 14.9 Å². The summed E-state index contributed by atoms with van der Waals surface area (Å²) >= 11 is 0. The highest BCUT2D eigenvalue weighted by molar-refractivity contribution is 6.01. The van der Waals surface area contributed by atoms with Crippen LogP contribution < -0.4 is 11.2 Å². The van der Waals surface area contributed by atoms with E-state index in [1.807, 2.05) is 13.8 Å². The Hall–Kier alpha value is -1.93. The number of aromatic hydroxyl groups is 1. The summed E-state index contributed by atoms with van der Waals surface area (Å²) in [6.07, 6.45) is 2.13. The van der Waals surface area contributed by atoms with Crippen molar-refractivity contribution in [3.05, 3.63) is 26.4 Å². The molecule has 0 amide bonds. The number of aliphatic imine (C=N–C) groups is 1. The average molecular weight is 352 g/mol. The van der Waals surface area contributed by atoms with Gasteiger partial charge in [-0.1, -0.05) is 20.3 Å². The van der Waals surface area contributed by atoms with Gasteiger partial charge in [-0.3, -0.25) is 24.2 Å². The summed E-state index contributed by atoms with van der Waals surface area (Å²) in [5, 5.41) is 10.5. The second kappa shape index (κ2) is 9.53. The highest BCUT2D eigenvalue weighted by Crippen LogP contribution is 2.14. The van der Waals surface area contributed by atoms with Gasteiger partial charge in [-0.2, -0.15) is 0 Å². The molecule has 1 aliphatic heterocycles.